The van der Waals surface area contributed by atoms with Gasteiger partial charge in [-0.1, -0.05) is 0 Å². The highest BCUT2D eigenvalue weighted by molar-refractivity contribution is 7.89. The van der Waals surface area contributed by atoms with E-state index in [-0.39, 0.29) is 24.0 Å². The molecule has 4 N–H and O–H groups in total. The number of nitrogens with zero attached hydrogens (tertiary/aromatic N) is 3. The molecule has 0 aliphatic carbocycles. The molecule has 3 heterocycles. The van der Waals surface area contributed by atoms with Gasteiger partial charge in [0.15, 0.2) is 0 Å². The number of sulfonamides is 1. The van der Waals surface area contributed by atoms with Gasteiger partial charge in [0.2, 0.25) is 15.9 Å². The third-order valence-electron chi connectivity index (χ3n) is 6.39. The Labute approximate surface area is 194 Å². The van der Waals surface area contributed by atoms with Crippen molar-refractivity contribution in [3.8, 4) is 11.1 Å². The number of H-pyrrole nitrogens is 2. The van der Waals surface area contributed by atoms with E-state index >= 15 is 0 Å². The van der Waals surface area contributed by atoms with Gasteiger partial charge in [0.25, 0.3) is 0 Å². The molecule has 0 spiro atoms. The number of carbonyl (C=O) groups excluding carboxylic acids is 1. The van der Waals surface area contributed by atoms with Crippen LogP contribution in [-0.4, -0.2) is 78.2 Å². The molecule has 0 saturated carbocycles. The number of fused-ring (bicyclic) bond motifs is 1. The van der Waals surface area contributed by atoms with Gasteiger partial charge in [0, 0.05) is 41.9 Å². The van der Waals surface area contributed by atoms with Crippen molar-refractivity contribution in [2.75, 3.05) is 39.5 Å². The van der Waals surface area contributed by atoms with Crippen molar-refractivity contribution >= 4 is 26.8 Å². The van der Waals surface area contributed by atoms with Crippen molar-refractivity contribution < 1.29 is 13.2 Å². The van der Waals surface area contributed by atoms with Gasteiger partial charge in [-0.15, -0.1) is 0 Å². The lowest BCUT2D eigenvalue weighted by atomic mass is 9.88. The van der Waals surface area contributed by atoms with Crippen molar-refractivity contribution in [3.05, 3.63) is 41.9 Å². The number of hydrogen-bond acceptors (Lipinski definition) is 5. The van der Waals surface area contributed by atoms with Gasteiger partial charge in [0.05, 0.1) is 18.4 Å². The van der Waals surface area contributed by atoms with Crippen LogP contribution in [0.4, 0.5) is 0 Å². The summed E-state index contributed by atoms with van der Waals surface area (Å²) in [4.78, 5) is 17.0. The Hall–Kier alpha value is -2.69. The van der Waals surface area contributed by atoms with E-state index in [0.717, 1.165) is 52.5 Å². The van der Waals surface area contributed by atoms with Crippen LogP contribution >= 0.6 is 0 Å². The molecule has 1 saturated heterocycles. The first-order chi connectivity index (χ1) is 15.7. The standard InChI is InChI=1S/C23H32N6O3S/c1-28(2)6-3-9-33(31,32)29-7-4-16(5-8-29)21-15-25-23-18(12-22(24)30)10-17(11-20(21)23)19-13-26-27-14-19/h10-11,13-16,25H,3-9,12H2,1-2H3,(H2,24,30)(H,26,27). The van der Waals surface area contributed by atoms with E-state index < -0.39 is 10.0 Å². The molecule has 0 bridgehead atoms. The number of primary amides is 1. The van der Waals surface area contributed by atoms with Gasteiger partial charge >= 0.3 is 0 Å². The highest BCUT2D eigenvalue weighted by atomic mass is 32.2. The maximum atomic E-state index is 12.7. The number of hydrogen-bond donors (Lipinski definition) is 3. The van der Waals surface area contributed by atoms with Crippen LogP contribution in [-0.2, 0) is 21.2 Å². The Balaban J connectivity index is 1.56. The average molecular weight is 473 g/mol. The monoisotopic (exact) mass is 472 g/mol. The predicted molar refractivity (Wildman–Crippen MR) is 129 cm³/mol. The number of benzene rings is 1. The van der Waals surface area contributed by atoms with E-state index in [4.69, 9.17) is 5.73 Å². The highest BCUT2D eigenvalue weighted by Crippen LogP contribution is 2.37. The second kappa shape index (κ2) is 9.66. The van der Waals surface area contributed by atoms with Crippen LogP contribution in [0, 0.1) is 0 Å². The Morgan fingerprint density at radius 3 is 2.61 bits per heavy atom. The molecule has 1 amide bonds. The first kappa shape index (κ1) is 23.5. The number of carbonyl (C=O) groups is 1. The molecule has 0 radical (unpaired) electrons. The number of piperidine rings is 1. The van der Waals surface area contributed by atoms with E-state index in [1.54, 1.807) is 10.5 Å². The van der Waals surface area contributed by atoms with Gasteiger partial charge in [-0.25, -0.2) is 12.7 Å². The van der Waals surface area contributed by atoms with Crippen molar-refractivity contribution in [2.24, 2.45) is 5.73 Å². The number of nitrogens with one attached hydrogen (secondary N) is 2. The quantitative estimate of drug-likeness (QED) is 0.439. The molecule has 4 rings (SSSR count). The minimum absolute atomic E-state index is 0.145. The van der Waals surface area contributed by atoms with Crippen LogP contribution in [0.25, 0.3) is 22.0 Å². The minimum atomic E-state index is -3.23. The summed E-state index contributed by atoms with van der Waals surface area (Å²) >= 11 is 0. The molecule has 10 heteroatoms. The zero-order chi connectivity index (χ0) is 23.6. The predicted octanol–water partition coefficient (Wildman–Crippen LogP) is 2.05. The summed E-state index contributed by atoms with van der Waals surface area (Å²) in [6, 6.07) is 4.09. The summed E-state index contributed by atoms with van der Waals surface area (Å²) < 4.78 is 27.1. The average Bonchev–Trinajstić information content (AvgIpc) is 3.43. The van der Waals surface area contributed by atoms with Crippen LogP contribution < -0.4 is 5.73 Å². The first-order valence-electron chi connectivity index (χ1n) is 11.3. The molecule has 1 aliphatic rings. The Morgan fingerprint density at radius 2 is 1.97 bits per heavy atom. The molecule has 2 aromatic heterocycles. The SMILES string of the molecule is CN(C)CCCS(=O)(=O)N1CCC(c2c[nH]c3c(CC(N)=O)cc(-c4cn[nH]c4)cc23)CC1. The molecule has 0 atom stereocenters. The van der Waals surface area contributed by atoms with Crippen molar-refractivity contribution in [1.82, 2.24) is 24.4 Å². The maximum Gasteiger partial charge on any atom is 0.221 e. The van der Waals surface area contributed by atoms with Crippen molar-refractivity contribution in [3.63, 3.8) is 0 Å². The minimum Gasteiger partial charge on any atom is -0.369 e. The van der Waals surface area contributed by atoms with Gasteiger partial charge < -0.3 is 15.6 Å². The van der Waals surface area contributed by atoms with Gasteiger partial charge in [0.1, 0.15) is 0 Å². The number of rotatable bonds is 9. The lowest BCUT2D eigenvalue weighted by Crippen LogP contribution is -2.39. The number of aromatic amines is 2. The van der Waals surface area contributed by atoms with E-state index in [0.29, 0.717) is 19.5 Å². The molecular formula is C23H32N6O3S. The van der Waals surface area contributed by atoms with E-state index in [9.17, 15) is 13.2 Å². The second-order valence-electron chi connectivity index (χ2n) is 9.08. The zero-order valence-corrected chi connectivity index (χ0v) is 20.0. The van der Waals surface area contributed by atoms with Crippen LogP contribution in [0.15, 0.2) is 30.7 Å². The summed E-state index contributed by atoms with van der Waals surface area (Å²) in [5.41, 5.74) is 10.3. The van der Waals surface area contributed by atoms with Gasteiger partial charge in [-0.3, -0.25) is 9.89 Å². The van der Waals surface area contributed by atoms with Crippen molar-refractivity contribution in [2.45, 2.75) is 31.6 Å². The highest BCUT2D eigenvalue weighted by Gasteiger charge is 2.29. The molecule has 9 nitrogen and oxygen atoms in total. The van der Waals surface area contributed by atoms with E-state index in [1.165, 1.54) is 0 Å². The third-order valence-corrected chi connectivity index (χ3v) is 8.35. The fourth-order valence-corrected chi connectivity index (χ4v) is 6.22. The zero-order valence-electron chi connectivity index (χ0n) is 19.2. The third kappa shape index (κ3) is 5.29. The number of nitrogens with two attached hydrogens (primary N) is 1. The smallest absolute Gasteiger partial charge is 0.221 e. The molecular weight excluding hydrogens is 440 g/mol. The Kier molecular flexibility index (Phi) is 6.87. The topological polar surface area (TPSA) is 128 Å². The summed E-state index contributed by atoms with van der Waals surface area (Å²) in [7, 11) is 0.668. The largest absolute Gasteiger partial charge is 0.369 e. The van der Waals surface area contributed by atoms with Crippen LogP contribution in [0.3, 0.4) is 0 Å². The van der Waals surface area contributed by atoms with Gasteiger partial charge in [-0.05, 0) is 74.6 Å². The van der Waals surface area contributed by atoms with Crippen LogP contribution in [0.1, 0.15) is 36.3 Å². The Morgan fingerprint density at radius 1 is 1.21 bits per heavy atom. The normalized spacial score (nSPS) is 16.1. The lowest BCUT2D eigenvalue weighted by Gasteiger charge is -2.31. The molecule has 1 aromatic carbocycles. The van der Waals surface area contributed by atoms with Crippen molar-refractivity contribution in [1.29, 1.82) is 0 Å². The molecule has 1 aliphatic heterocycles. The molecule has 1 fully saturated rings. The van der Waals surface area contributed by atoms with Crippen LogP contribution in [0.5, 0.6) is 0 Å². The molecule has 178 valence electrons. The summed E-state index contributed by atoms with van der Waals surface area (Å²) in [5, 5.41) is 7.93. The summed E-state index contributed by atoms with van der Waals surface area (Å²) in [6.45, 7) is 1.81. The molecule has 0 unspecified atom stereocenters. The first-order valence-corrected chi connectivity index (χ1v) is 12.9. The number of aromatic nitrogens is 3. The fraction of sp³-hybridized carbons (Fsp3) is 0.478. The van der Waals surface area contributed by atoms with E-state index in [1.807, 2.05) is 37.5 Å². The summed E-state index contributed by atoms with van der Waals surface area (Å²) in [6.07, 6.45) is 7.88. The maximum absolute atomic E-state index is 12.7. The summed E-state index contributed by atoms with van der Waals surface area (Å²) in [5.74, 6) is 0.0468. The van der Waals surface area contributed by atoms with Gasteiger partial charge in [-0.2, -0.15) is 5.10 Å². The van der Waals surface area contributed by atoms with E-state index in [2.05, 4.69) is 21.2 Å². The molecule has 3 aromatic rings. The Bertz CT molecular complexity index is 1210. The lowest BCUT2D eigenvalue weighted by molar-refractivity contribution is -0.117. The number of amides is 1. The second-order valence-corrected chi connectivity index (χ2v) is 11.2. The molecule has 33 heavy (non-hydrogen) atoms. The van der Waals surface area contributed by atoms with Crippen LogP contribution in [0.2, 0.25) is 0 Å². The fourth-order valence-electron chi connectivity index (χ4n) is 4.71.